The molecule has 0 unspecified atom stereocenters. The lowest BCUT2D eigenvalue weighted by Gasteiger charge is -2.34. The van der Waals surface area contributed by atoms with Crippen LogP contribution in [0.25, 0.3) is 16.9 Å². The van der Waals surface area contributed by atoms with Crippen molar-refractivity contribution < 1.29 is 26.7 Å². The molecule has 1 saturated heterocycles. The summed E-state index contributed by atoms with van der Waals surface area (Å²) in [5.74, 6) is -1.15. The molecule has 40 heavy (non-hydrogen) atoms. The first kappa shape index (κ1) is 27.8. The van der Waals surface area contributed by atoms with Gasteiger partial charge in [-0.2, -0.15) is 4.31 Å². The van der Waals surface area contributed by atoms with E-state index in [9.17, 15) is 22.0 Å². The molecule has 0 N–H and O–H groups in total. The van der Waals surface area contributed by atoms with Crippen molar-refractivity contribution in [3.63, 3.8) is 0 Å². The predicted octanol–water partition coefficient (Wildman–Crippen LogP) is 5.54. The third-order valence-corrected chi connectivity index (χ3v) is 9.16. The van der Waals surface area contributed by atoms with Gasteiger partial charge >= 0.3 is 0 Å². The van der Waals surface area contributed by atoms with E-state index in [0.29, 0.717) is 33.3 Å². The van der Waals surface area contributed by atoms with Crippen molar-refractivity contribution >= 4 is 27.5 Å². The molecule has 11 heteroatoms. The van der Waals surface area contributed by atoms with Crippen molar-refractivity contribution in [2.75, 3.05) is 33.3 Å². The molecule has 0 saturated carbocycles. The Morgan fingerprint density at radius 3 is 2.15 bits per heavy atom. The van der Waals surface area contributed by atoms with Gasteiger partial charge in [-0.05, 0) is 79.2 Å². The van der Waals surface area contributed by atoms with E-state index in [2.05, 4.69) is 0 Å². The maximum Gasteiger partial charge on any atom is 0.255 e. The predicted molar refractivity (Wildman–Crippen MR) is 149 cm³/mol. The second kappa shape index (κ2) is 11.0. The van der Waals surface area contributed by atoms with Crippen LogP contribution in [0.3, 0.4) is 0 Å². The van der Waals surface area contributed by atoms with Gasteiger partial charge < -0.3 is 14.2 Å². The molecule has 0 atom stereocenters. The molecule has 0 bridgehead atoms. The molecule has 1 fully saturated rings. The number of nitrogens with zero attached hydrogens (tertiary/aromatic N) is 3. The number of sulfonamides is 1. The zero-order valence-electron chi connectivity index (χ0n) is 21.8. The molecular formula is C29H26ClF2N3O4S. The van der Waals surface area contributed by atoms with Gasteiger partial charge in [0.05, 0.1) is 29.0 Å². The Balaban J connectivity index is 1.45. The van der Waals surface area contributed by atoms with Crippen molar-refractivity contribution in [1.29, 1.82) is 0 Å². The first-order chi connectivity index (χ1) is 19.1. The maximum absolute atomic E-state index is 15.0. The summed E-state index contributed by atoms with van der Waals surface area (Å²) in [4.78, 5) is 15.4. The molecule has 4 aromatic rings. The number of aromatic nitrogens is 1. The lowest BCUT2D eigenvalue weighted by atomic mass is 10.1. The average Bonchev–Trinajstić information content (AvgIpc) is 3.29. The lowest BCUT2D eigenvalue weighted by molar-refractivity contribution is 0.0697. The van der Waals surface area contributed by atoms with Crippen molar-refractivity contribution in [3.05, 3.63) is 101 Å². The summed E-state index contributed by atoms with van der Waals surface area (Å²) in [7, 11) is -2.19. The van der Waals surface area contributed by atoms with Crippen LogP contribution in [0.2, 0.25) is 5.02 Å². The van der Waals surface area contributed by atoms with E-state index in [1.165, 1.54) is 34.6 Å². The smallest absolute Gasteiger partial charge is 0.255 e. The van der Waals surface area contributed by atoms with E-state index in [0.717, 1.165) is 12.1 Å². The maximum atomic E-state index is 15.0. The first-order valence-corrected chi connectivity index (χ1v) is 14.3. The fourth-order valence-corrected chi connectivity index (χ4v) is 6.38. The number of carbonyl (C=O) groups is 1. The van der Waals surface area contributed by atoms with Crippen LogP contribution < -0.4 is 4.74 Å². The van der Waals surface area contributed by atoms with E-state index < -0.39 is 21.7 Å². The van der Waals surface area contributed by atoms with Gasteiger partial charge in [0, 0.05) is 43.0 Å². The summed E-state index contributed by atoms with van der Waals surface area (Å²) in [6, 6.07) is 18.0. The molecule has 0 spiro atoms. The highest BCUT2D eigenvalue weighted by molar-refractivity contribution is 7.89. The Labute approximate surface area is 236 Å². The first-order valence-electron chi connectivity index (χ1n) is 12.5. The number of hydrogen-bond donors (Lipinski definition) is 0. The Bertz CT molecular complexity index is 1660. The third kappa shape index (κ3) is 5.22. The summed E-state index contributed by atoms with van der Waals surface area (Å²) in [6.45, 7) is 2.30. The van der Waals surface area contributed by atoms with Gasteiger partial charge in [0.2, 0.25) is 10.0 Å². The number of halogens is 3. The zero-order valence-corrected chi connectivity index (χ0v) is 23.3. The molecule has 3 aromatic carbocycles. The SMILES string of the molecule is COc1ccc(-c2cc(C(=O)N3CCN(S(=O)(=O)c4ccc(Cl)cc4)CC3)c(C)n2-c2ccc(F)cc2F)cc1. The number of rotatable bonds is 6. The Morgan fingerprint density at radius 1 is 0.900 bits per heavy atom. The van der Waals surface area contributed by atoms with Gasteiger partial charge in [0.15, 0.2) is 0 Å². The molecule has 1 aliphatic heterocycles. The Morgan fingerprint density at radius 2 is 1.55 bits per heavy atom. The van der Waals surface area contributed by atoms with E-state index in [4.69, 9.17) is 16.3 Å². The van der Waals surface area contributed by atoms with Crippen LogP contribution in [0.5, 0.6) is 5.75 Å². The Kier molecular flexibility index (Phi) is 7.67. The van der Waals surface area contributed by atoms with Gasteiger partial charge in [-0.15, -0.1) is 0 Å². The van der Waals surface area contributed by atoms with E-state index in [-0.39, 0.29) is 42.7 Å². The number of carbonyl (C=O) groups excluding carboxylic acids is 1. The monoisotopic (exact) mass is 585 g/mol. The van der Waals surface area contributed by atoms with Gasteiger partial charge in [-0.1, -0.05) is 11.6 Å². The molecule has 2 heterocycles. The minimum absolute atomic E-state index is 0.0997. The topological polar surface area (TPSA) is 71.8 Å². The van der Waals surface area contributed by atoms with Crippen molar-refractivity contribution in [3.8, 4) is 22.7 Å². The van der Waals surface area contributed by atoms with Crippen molar-refractivity contribution in [2.24, 2.45) is 0 Å². The second-order valence-corrected chi connectivity index (χ2v) is 11.7. The highest BCUT2D eigenvalue weighted by Crippen LogP contribution is 2.33. The standard InChI is InChI=1S/C29H26ClF2N3O4S/c1-19-25(29(36)33-13-15-34(16-14-33)40(37,38)24-10-5-21(30)6-11-24)18-28(20-3-8-23(39-2)9-4-20)35(19)27-12-7-22(31)17-26(27)32/h3-12,17-18H,13-16H2,1-2H3. The average molecular weight is 586 g/mol. The summed E-state index contributed by atoms with van der Waals surface area (Å²) < 4.78 is 63.0. The number of methoxy groups -OCH3 is 1. The minimum Gasteiger partial charge on any atom is -0.497 e. The summed E-state index contributed by atoms with van der Waals surface area (Å²) in [5, 5.41) is 0.436. The summed E-state index contributed by atoms with van der Waals surface area (Å²) in [5.41, 5.74) is 2.15. The molecular weight excluding hydrogens is 560 g/mol. The number of benzene rings is 3. The highest BCUT2D eigenvalue weighted by Gasteiger charge is 2.32. The quantitative estimate of drug-likeness (QED) is 0.298. The summed E-state index contributed by atoms with van der Waals surface area (Å²) >= 11 is 5.90. The van der Waals surface area contributed by atoms with E-state index >= 15 is 0 Å². The molecule has 1 amide bonds. The molecule has 5 rings (SSSR count). The largest absolute Gasteiger partial charge is 0.497 e. The van der Waals surface area contributed by atoms with Gasteiger partial charge in [0.1, 0.15) is 17.4 Å². The van der Waals surface area contributed by atoms with Crippen molar-refractivity contribution in [2.45, 2.75) is 11.8 Å². The van der Waals surface area contributed by atoms with Crippen LogP contribution in [-0.4, -0.2) is 61.4 Å². The lowest BCUT2D eigenvalue weighted by Crippen LogP contribution is -2.50. The number of ether oxygens (including phenoxy) is 1. The summed E-state index contributed by atoms with van der Waals surface area (Å²) in [6.07, 6.45) is 0. The minimum atomic E-state index is -3.74. The van der Waals surface area contributed by atoms with Gasteiger partial charge in [-0.25, -0.2) is 17.2 Å². The zero-order chi connectivity index (χ0) is 28.6. The van der Waals surface area contributed by atoms with Gasteiger partial charge in [0.25, 0.3) is 5.91 Å². The highest BCUT2D eigenvalue weighted by atomic mass is 35.5. The molecule has 1 aromatic heterocycles. The Hall–Kier alpha value is -3.73. The molecule has 7 nitrogen and oxygen atoms in total. The van der Waals surface area contributed by atoms with E-state index in [1.807, 2.05) is 0 Å². The van der Waals surface area contributed by atoms with Crippen LogP contribution in [0.4, 0.5) is 8.78 Å². The third-order valence-electron chi connectivity index (χ3n) is 6.99. The molecule has 208 valence electrons. The van der Waals surface area contributed by atoms with Crippen LogP contribution in [0.15, 0.2) is 77.7 Å². The van der Waals surface area contributed by atoms with Gasteiger partial charge in [-0.3, -0.25) is 4.79 Å². The molecule has 1 aliphatic rings. The number of piperazine rings is 1. The fourth-order valence-electron chi connectivity index (χ4n) is 4.83. The molecule has 0 aliphatic carbocycles. The molecule has 0 radical (unpaired) electrons. The normalized spacial score (nSPS) is 14.4. The number of hydrogen-bond acceptors (Lipinski definition) is 4. The van der Waals surface area contributed by atoms with E-state index in [1.54, 1.807) is 53.8 Å². The van der Waals surface area contributed by atoms with Crippen LogP contribution in [0.1, 0.15) is 16.1 Å². The van der Waals surface area contributed by atoms with Crippen LogP contribution in [0, 0.1) is 18.6 Å². The van der Waals surface area contributed by atoms with Crippen molar-refractivity contribution in [1.82, 2.24) is 13.8 Å². The van der Waals surface area contributed by atoms with Crippen LogP contribution in [-0.2, 0) is 10.0 Å². The second-order valence-electron chi connectivity index (χ2n) is 9.34. The van der Waals surface area contributed by atoms with Crippen LogP contribution >= 0.6 is 11.6 Å². The fraction of sp³-hybridized carbons (Fsp3) is 0.207. The number of amides is 1.